The van der Waals surface area contributed by atoms with Crippen LogP contribution in [0.3, 0.4) is 0 Å². The number of urea groups is 1. The van der Waals surface area contributed by atoms with Crippen molar-refractivity contribution in [1.29, 1.82) is 0 Å². The number of amides is 2. The quantitative estimate of drug-likeness (QED) is 0.834. The number of anilines is 1. The minimum Gasteiger partial charge on any atom is -0.341 e. The van der Waals surface area contributed by atoms with Crippen molar-refractivity contribution in [1.82, 2.24) is 15.3 Å². The van der Waals surface area contributed by atoms with E-state index in [2.05, 4.69) is 20.6 Å². The fraction of sp³-hybridized carbons (Fsp3) is 0.100. The SMILES string of the molecule is CNC(=O)Nc1csc(-c2ccncc2)n1. The lowest BCUT2D eigenvalue weighted by molar-refractivity contribution is 0.254. The van der Waals surface area contributed by atoms with Crippen LogP contribution in [0.4, 0.5) is 10.6 Å². The monoisotopic (exact) mass is 234 g/mol. The zero-order chi connectivity index (χ0) is 11.4. The van der Waals surface area contributed by atoms with E-state index in [9.17, 15) is 4.79 Å². The first kappa shape index (κ1) is 10.6. The molecular formula is C10H10N4OS. The molecule has 0 atom stereocenters. The average Bonchev–Trinajstić information content (AvgIpc) is 2.78. The number of nitrogens with one attached hydrogen (secondary N) is 2. The first-order valence-electron chi connectivity index (χ1n) is 4.64. The van der Waals surface area contributed by atoms with Gasteiger partial charge in [0.05, 0.1) is 0 Å². The lowest BCUT2D eigenvalue weighted by Gasteiger charge is -1.98. The highest BCUT2D eigenvalue weighted by atomic mass is 32.1. The lowest BCUT2D eigenvalue weighted by atomic mass is 10.3. The van der Waals surface area contributed by atoms with Crippen LogP contribution in [0.1, 0.15) is 0 Å². The van der Waals surface area contributed by atoms with Gasteiger partial charge in [0.1, 0.15) is 10.8 Å². The molecule has 0 aliphatic carbocycles. The summed E-state index contributed by atoms with van der Waals surface area (Å²) < 4.78 is 0. The van der Waals surface area contributed by atoms with Crippen LogP contribution in [-0.2, 0) is 0 Å². The predicted molar refractivity (Wildman–Crippen MR) is 63.4 cm³/mol. The second-order valence-corrected chi connectivity index (χ2v) is 3.84. The summed E-state index contributed by atoms with van der Waals surface area (Å²) in [4.78, 5) is 19.3. The Labute approximate surface area is 96.6 Å². The van der Waals surface area contributed by atoms with Crippen molar-refractivity contribution in [2.45, 2.75) is 0 Å². The number of rotatable bonds is 2. The van der Waals surface area contributed by atoms with Crippen molar-refractivity contribution in [2.75, 3.05) is 12.4 Å². The van der Waals surface area contributed by atoms with Gasteiger partial charge in [0.2, 0.25) is 0 Å². The molecule has 0 spiro atoms. The molecule has 0 unspecified atom stereocenters. The number of carbonyl (C=O) groups excluding carboxylic acids is 1. The predicted octanol–water partition coefficient (Wildman–Crippen LogP) is 1.96. The Morgan fingerprint density at radius 2 is 2.12 bits per heavy atom. The molecule has 2 aromatic heterocycles. The van der Waals surface area contributed by atoms with Gasteiger partial charge in [-0.1, -0.05) is 0 Å². The first-order valence-corrected chi connectivity index (χ1v) is 5.52. The van der Waals surface area contributed by atoms with Crippen molar-refractivity contribution in [2.24, 2.45) is 0 Å². The Bertz CT molecular complexity index is 483. The third-order valence-electron chi connectivity index (χ3n) is 1.90. The van der Waals surface area contributed by atoms with Crippen LogP contribution < -0.4 is 10.6 Å². The summed E-state index contributed by atoms with van der Waals surface area (Å²) in [5, 5.41) is 7.73. The first-order chi connectivity index (χ1) is 7.79. The van der Waals surface area contributed by atoms with Crippen LogP contribution in [0.25, 0.3) is 10.6 Å². The summed E-state index contributed by atoms with van der Waals surface area (Å²) in [6.45, 7) is 0. The van der Waals surface area contributed by atoms with E-state index >= 15 is 0 Å². The van der Waals surface area contributed by atoms with Crippen molar-refractivity contribution in [3.8, 4) is 10.6 Å². The average molecular weight is 234 g/mol. The Hall–Kier alpha value is -1.95. The maximum absolute atomic E-state index is 11.1. The Morgan fingerprint density at radius 3 is 2.81 bits per heavy atom. The fourth-order valence-corrected chi connectivity index (χ4v) is 1.90. The van der Waals surface area contributed by atoms with Gasteiger partial charge in [0, 0.05) is 30.4 Å². The van der Waals surface area contributed by atoms with E-state index in [0.29, 0.717) is 5.82 Å². The van der Waals surface area contributed by atoms with E-state index in [1.54, 1.807) is 24.8 Å². The van der Waals surface area contributed by atoms with Crippen molar-refractivity contribution in [3.05, 3.63) is 29.9 Å². The molecule has 82 valence electrons. The minimum absolute atomic E-state index is 0.272. The number of nitrogens with zero attached hydrogens (tertiary/aromatic N) is 2. The molecule has 0 saturated heterocycles. The van der Waals surface area contributed by atoms with E-state index in [0.717, 1.165) is 10.6 Å². The molecule has 0 bridgehead atoms. The van der Waals surface area contributed by atoms with Gasteiger partial charge in [-0.2, -0.15) is 0 Å². The van der Waals surface area contributed by atoms with Crippen LogP contribution >= 0.6 is 11.3 Å². The molecule has 0 saturated carbocycles. The maximum atomic E-state index is 11.1. The van der Waals surface area contributed by atoms with Gasteiger partial charge >= 0.3 is 6.03 Å². The number of carbonyl (C=O) groups is 1. The largest absolute Gasteiger partial charge is 0.341 e. The summed E-state index contributed by atoms with van der Waals surface area (Å²) in [6, 6.07) is 3.48. The normalized spacial score (nSPS) is 9.81. The second-order valence-electron chi connectivity index (χ2n) is 2.98. The lowest BCUT2D eigenvalue weighted by Crippen LogP contribution is -2.24. The number of pyridine rings is 1. The Kier molecular flexibility index (Phi) is 3.11. The second kappa shape index (κ2) is 4.71. The van der Waals surface area contributed by atoms with Gasteiger partial charge in [-0.05, 0) is 12.1 Å². The molecule has 0 aromatic carbocycles. The van der Waals surface area contributed by atoms with Gasteiger partial charge in [-0.3, -0.25) is 10.3 Å². The van der Waals surface area contributed by atoms with Crippen LogP contribution in [0, 0.1) is 0 Å². The van der Waals surface area contributed by atoms with E-state index in [1.165, 1.54) is 11.3 Å². The number of thiazole rings is 1. The number of aromatic nitrogens is 2. The highest BCUT2D eigenvalue weighted by Crippen LogP contribution is 2.24. The third-order valence-corrected chi connectivity index (χ3v) is 2.79. The molecule has 0 aliphatic rings. The van der Waals surface area contributed by atoms with Gasteiger partial charge in [-0.25, -0.2) is 9.78 Å². The summed E-state index contributed by atoms with van der Waals surface area (Å²) in [5.41, 5.74) is 0.991. The summed E-state index contributed by atoms with van der Waals surface area (Å²) in [7, 11) is 1.56. The molecule has 2 rings (SSSR count). The third kappa shape index (κ3) is 2.34. The summed E-state index contributed by atoms with van der Waals surface area (Å²) in [5.74, 6) is 0.552. The molecule has 6 heteroatoms. The smallest absolute Gasteiger partial charge is 0.320 e. The van der Waals surface area contributed by atoms with E-state index < -0.39 is 0 Å². The standard InChI is InChI=1S/C10H10N4OS/c1-11-10(15)14-8-6-16-9(13-8)7-2-4-12-5-3-7/h2-6H,1H3,(H2,11,14,15). The molecule has 2 aromatic rings. The number of hydrogen-bond donors (Lipinski definition) is 2. The molecule has 2 N–H and O–H groups in total. The molecule has 16 heavy (non-hydrogen) atoms. The zero-order valence-corrected chi connectivity index (χ0v) is 9.41. The summed E-state index contributed by atoms with van der Waals surface area (Å²) >= 11 is 1.47. The Morgan fingerprint density at radius 1 is 1.38 bits per heavy atom. The Balaban J connectivity index is 2.17. The highest BCUT2D eigenvalue weighted by molar-refractivity contribution is 7.13. The van der Waals surface area contributed by atoms with Crippen molar-refractivity contribution >= 4 is 23.2 Å². The molecule has 5 nitrogen and oxygen atoms in total. The van der Waals surface area contributed by atoms with Crippen molar-refractivity contribution in [3.63, 3.8) is 0 Å². The highest BCUT2D eigenvalue weighted by Gasteiger charge is 2.05. The molecule has 0 aliphatic heterocycles. The van der Waals surface area contributed by atoms with Crippen LogP contribution in [0.2, 0.25) is 0 Å². The van der Waals surface area contributed by atoms with Crippen LogP contribution in [0.5, 0.6) is 0 Å². The minimum atomic E-state index is -0.272. The van der Waals surface area contributed by atoms with Crippen molar-refractivity contribution < 1.29 is 4.79 Å². The van der Waals surface area contributed by atoms with E-state index in [-0.39, 0.29) is 6.03 Å². The van der Waals surface area contributed by atoms with Gasteiger partial charge in [0.15, 0.2) is 0 Å². The topological polar surface area (TPSA) is 66.9 Å². The molecule has 0 fully saturated rings. The van der Waals surface area contributed by atoms with Gasteiger partial charge in [-0.15, -0.1) is 11.3 Å². The molecule has 0 radical (unpaired) electrons. The van der Waals surface area contributed by atoms with Gasteiger partial charge < -0.3 is 5.32 Å². The fourth-order valence-electron chi connectivity index (χ4n) is 1.14. The van der Waals surface area contributed by atoms with E-state index in [1.807, 2.05) is 12.1 Å². The molecule has 2 amide bonds. The zero-order valence-electron chi connectivity index (χ0n) is 8.60. The molecule has 2 heterocycles. The molecular weight excluding hydrogens is 224 g/mol. The van der Waals surface area contributed by atoms with E-state index in [4.69, 9.17) is 0 Å². The maximum Gasteiger partial charge on any atom is 0.320 e. The van der Waals surface area contributed by atoms with Gasteiger partial charge in [0.25, 0.3) is 0 Å². The number of hydrogen-bond acceptors (Lipinski definition) is 4. The van der Waals surface area contributed by atoms with Crippen LogP contribution in [0.15, 0.2) is 29.9 Å². The summed E-state index contributed by atoms with van der Waals surface area (Å²) in [6.07, 6.45) is 3.42. The van der Waals surface area contributed by atoms with Crippen LogP contribution in [-0.4, -0.2) is 23.0 Å².